The van der Waals surface area contributed by atoms with E-state index in [1.807, 2.05) is 30.3 Å². The molecule has 0 radical (unpaired) electrons. The molecule has 1 aliphatic heterocycles. The second-order valence-corrected chi connectivity index (χ2v) is 5.56. The summed E-state index contributed by atoms with van der Waals surface area (Å²) >= 11 is 0. The number of aliphatic hydroxyl groups excluding tert-OH is 2. The Hall–Kier alpha value is -0.980. The summed E-state index contributed by atoms with van der Waals surface area (Å²) in [7, 11) is 0. The highest BCUT2D eigenvalue weighted by Crippen LogP contribution is 2.43. The molecule has 20 heavy (non-hydrogen) atoms. The van der Waals surface area contributed by atoms with Crippen molar-refractivity contribution in [3.05, 3.63) is 35.9 Å². The molecule has 5 nitrogen and oxygen atoms in total. The average Bonchev–Trinajstić information content (AvgIpc) is 2.90. The van der Waals surface area contributed by atoms with Crippen molar-refractivity contribution >= 4 is 0 Å². The topological polar surface area (TPSA) is 79.2 Å². The summed E-state index contributed by atoms with van der Waals surface area (Å²) in [5, 5.41) is 28.1. The van der Waals surface area contributed by atoms with E-state index in [9.17, 15) is 5.11 Å². The van der Waals surface area contributed by atoms with Gasteiger partial charge >= 0.3 is 0 Å². The van der Waals surface area contributed by atoms with Crippen molar-refractivity contribution in [2.24, 2.45) is 11.8 Å². The molecular weight excluding hydrogens is 260 g/mol. The first-order valence-corrected chi connectivity index (χ1v) is 7.03. The molecule has 5 heteroatoms. The van der Waals surface area contributed by atoms with Crippen LogP contribution in [0.4, 0.5) is 0 Å². The van der Waals surface area contributed by atoms with Crippen LogP contribution in [0.15, 0.2) is 30.3 Å². The number of hydrogen-bond donors (Lipinski definition) is 3. The number of aliphatic hydroxyl groups is 3. The van der Waals surface area contributed by atoms with E-state index in [0.29, 0.717) is 6.61 Å². The molecule has 5 atom stereocenters. The maximum absolute atomic E-state index is 9.84. The van der Waals surface area contributed by atoms with Gasteiger partial charge < -0.3 is 24.8 Å². The van der Waals surface area contributed by atoms with Crippen LogP contribution in [0.3, 0.4) is 0 Å². The van der Waals surface area contributed by atoms with E-state index in [2.05, 4.69) is 0 Å². The summed E-state index contributed by atoms with van der Waals surface area (Å²) in [6.07, 6.45) is -1.67. The number of rotatable bonds is 3. The fourth-order valence-corrected chi connectivity index (χ4v) is 3.29. The molecule has 2 aliphatic rings. The van der Waals surface area contributed by atoms with E-state index in [0.717, 1.165) is 18.4 Å². The minimum atomic E-state index is -1.70. The molecule has 1 heterocycles. The van der Waals surface area contributed by atoms with Crippen LogP contribution < -0.4 is 0 Å². The van der Waals surface area contributed by atoms with Gasteiger partial charge in [0, 0.05) is 11.5 Å². The normalized spacial score (nSPS) is 35.0. The lowest BCUT2D eigenvalue weighted by Crippen LogP contribution is -2.42. The highest BCUT2D eigenvalue weighted by atomic mass is 16.7. The van der Waals surface area contributed by atoms with Crippen LogP contribution in [-0.2, 0) is 9.47 Å². The summed E-state index contributed by atoms with van der Waals surface area (Å²) in [6, 6.07) is 9.75. The van der Waals surface area contributed by atoms with Gasteiger partial charge in [0.1, 0.15) is 6.10 Å². The molecule has 2 fully saturated rings. The fraction of sp³-hybridized carbons (Fsp3) is 0.600. The zero-order chi connectivity index (χ0) is 14.1. The van der Waals surface area contributed by atoms with E-state index < -0.39 is 12.4 Å². The largest absolute Gasteiger partial charge is 0.388 e. The fourth-order valence-electron chi connectivity index (χ4n) is 3.29. The van der Waals surface area contributed by atoms with Gasteiger partial charge in [-0.2, -0.15) is 0 Å². The summed E-state index contributed by atoms with van der Waals surface area (Å²) in [5.41, 5.74) is 0.983. The van der Waals surface area contributed by atoms with Gasteiger partial charge in [-0.15, -0.1) is 0 Å². The Kier molecular flexibility index (Phi) is 4.05. The Bertz CT molecular complexity index is 435. The smallest absolute Gasteiger partial charge is 0.184 e. The highest BCUT2D eigenvalue weighted by molar-refractivity contribution is 5.16. The summed E-state index contributed by atoms with van der Waals surface area (Å²) in [6.45, 7) is 0.471. The lowest BCUT2D eigenvalue weighted by atomic mass is 9.89. The van der Waals surface area contributed by atoms with Crippen LogP contribution in [0.5, 0.6) is 0 Å². The van der Waals surface area contributed by atoms with E-state index in [1.54, 1.807) is 0 Å². The van der Waals surface area contributed by atoms with Gasteiger partial charge in [0.05, 0.1) is 12.7 Å². The van der Waals surface area contributed by atoms with Gasteiger partial charge in [0.2, 0.25) is 0 Å². The minimum absolute atomic E-state index is 0.00681. The second-order valence-electron chi connectivity index (χ2n) is 5.56. The maximum Gasteiger partial charge on any atom is 0.184 e. The number of benzene rings is 1. The van der Waals surface area contributed by atoms with E-state index in [1.165, 1.54) is 0 Å². The van der Waals surface area contributed by atoms with Crippen molar-refractivity contribution in [3.63, 3.8) is 0 Å². The van der Waals surface area contributed by atoms with Crippen LogP contribution in [0.1, 0.15) is 24.7 Å². The van der Waals surface area contributed by atoms with Crippen molar-refractivity contribution < 1.29 is 24.8 Å². The van der Waals surface area contributed by atoms with Gasteiger partial charge in [0.25, 0.3) is 0 Å². The van der Waals surface area contributed by atoms with E-state index in [4.69, 9.17) is 19.7 Å². The summed E-state index contributed by atoms with van der Waals surface area (Å²) in [5.74, 6) is -0.163. The van der Waals surface area contributed by atoms with Crippen LogP contribution in [-0.4, -0.2) is 40.4 Å². The molecule has 0 spiro atoms. The van der Waals surface area contributed by atoms with Crippen molar-refractivity contribution in [3.8, 4) is 0 Å². The Morgan fingerprint density at radius 1 is 1.05 bits per heavy atom. The molecule has 1 aliphatic carbocycles. The van der Waals surface area contributed by atoms with Gasteiger partial charge in [-0.05, 0) is 18.8 Å². The molecule has 0 bridgehead atoms. The lowest BCUT2D eigenvalue weighted by Gasteiger charge is -2.36. The Morgan fingerprint density at radius 2 is 1.80 bits per heavy atom. The standard InChI is InChI=1S/C15H20O5/c16-13(14(17)18)10-6-7-12-11(10)8-19-15(20-12)9-4-2-1-3-5-9/h1-5,10-18H,6-8H2/t10-,11+,12+,13?,15?/m1/s1. The Balaban J connectivity index is 1.67. The van der Waals surface area contributed by atoms with E-state index in [-0.39, 0.29) is 24.2 Å². The molecule has 1 aromatic rings. The molecule has 1 saturated heterocycles. The van der Waals surface area contributed by atoms with Crippen molar-refractivity contribution in [2.75, 3.05) is 6.61 Å². The second kappa shape index (κ2) is 5.79. The molecule has 2 unspecified atom stereocenters. The minimum Gasteiger partial charge on any atom is -0.388 e. The number of ether oxygens (including phenoxy) is 2. The molecular formula is C15H20O5. The van der Waals surface area contributed by atoms with Crippen LogP contribution in [0, 0.1) is 11.8 Å². The van der Waals surface area contributed by atoms with Crippen molar-refractivity contribution in [2.45, 2.75) is 37.6 Å². The molecule has 110 valence electrons. The average molecular weight is 280 g/mol. The number of fused-ring (bicyclic) bond motifs is 1. The summed E-state index contributed by atoms with van der Waals surface area (Å²) in [4.78, 5) is 0. The van der Waals surface area contributed by atoms with Crippen molar-refractivity contribution in [1.82, 2.24) is 0 Å². The first-order valence-electron chi connectivity index (χ1n) is 7.03. The predicted molar refractivity (Wildman–Crippen MR) is 70.5 cm³/mol. The zero-order valence-electron chi connectivity index (χ0n) is 11.1. The molecule has 3 N–H and O–H groups in total. The van der Waals surface area contributed by atoms with Crippen molar-refractivity contribution in [1.29, 1.82) is 0 Å². The highest BCUT2D eigenvalue weighted by Gasteiger charge is 2.46. The summed E-state index contributed by atoms with van der Waals surface area (Å²) < 4.78 is 11.7. The Labute approximate surface area is 117 Å². The third-order valence-electron chi connectivity index (χ3n) is 4.37. The molecule has 0 aromatic heterocycles. The van der Waals surface area contributed by atoms with E-state index >= 15 is 0 Å². The van der Waals surface area contributed by atoms with Crippen LogP contribution >= 0.6 is 0 Å². The van der Waals surface area contributed by atoms with Crippen LogP contribution in [0.25, 0.3) is 0 Å². The molecule has 1 aromatic carbocycles. The number of hydrogen-bond acceptors (Lipinski definition) is 5. The third kappa shape index (κ3) is 2.60. The van der Waals surface area contributed by atoms with Gasteiger partial charge in [0.15, 0.2) is 12.6 Å². The quantitative estimate of drug-likeness (QED) is 0.714. The molecule has 0 amide bonds. The SMILES string of the molecule is OC(O)C(O)[C@@H]1CC[C@@H]2OC(c3ccccc3)OC[C@H]21. The Morgan fingerprint density at radius 3 is 2.50 bits per heavy atom. The first kappa shape index (κ1) is 14.0. The third-order valence-corrected chi connectivity index (χ3v) is 4.37. The first-order chi connectivity index (χ1) is 9.66. The van der Waals surface area contributed by atoms with Crippen LogP contribution in [0.2, 0.25) is 0 Å². The lowest BCUT2D eigenvalue weighted by molar-refractivity contribution is -0.246. The van der Waals surface area contributed by atoms with Gasteiger partial charge in [-0.1, -0.05) is 30.3 Å². The van der Waals surface area contributed by atoms with Gasteiger partial charge in [-0.25, -0.2) is 0 Å². The monoisotopic (exact) mass is 280 g/mol. The predicted octanol–water partition coefficient (Wildman–Crippen LogP) is 0.798. The maximum atomic E-state index is 9.84. The molecule has 1 saturated carbocycles. The van der Waals surface area contributed by atoms with Gasteiger partial charge in [-0.3, -0.25) is 0 Å². The molecule has 3 rings (SSSR count). The zero-order valence-corrected chi connectivity index (χ0v) is 11.1.